The van der Waals surface area contributed by atoms with Gasteiger partial charge in [0.15, 0.2) is 9.84 Å². The quantitative estimate of drug-likeness (QED) is 0.526. The van der Waals surface area contributed by atoms with Crippen LogP contribution in [0.25, 0.3) is 6.08 Å². The molecule has 0 aliphatic carbocycles. The molecule has 0 radical (unpaired) electrons. The molecule has 0 bridgehead atoms. The van der Waals surface area contributed by atoms with Gasteiger partial charge in [0.25, 0.3) is 5.91 Å². The highest BCUT2D eigenvalue weighted by Crippen LogP contribution is 2.40. The number of halogens is 2. The first-order chi connectivity index (χ1) is 15.3. The maximum Gasteiger partial charge on any atom is 0.262 e. The van der Waals surface area contributed by atoms with Gasteiger partial charge in [-0.15, -0.1) is 0 Å². The van der Waals surface area contributed by atoms with E-state index in [4.69, 9.17) is 4.74 Å². The first-order valence-corrected chi connectivity index (χ1v) is 11.9. The van der Waals surface area contributed by atoms with Gasteiger partial charge in [-0.1, -0.05) is 30.0 Å². The molecule has 9 heteroatoms. The summed E-state index contributed by atoms with van der Waals surface area (Å²) < 4.78 is 58.4. The zero-order valence-corrected chi connectivity index (χ0v) is 18.4. The van der Waals surface area contributed by atoms with Crippen molar-refractivity contribution in [2.24, 2.45) is 0 Å². The predicted octanol–water partition coefficient (Wildman–Crippen LogP) is 5.03. The Morgan fingerprint density at radius 2 is 1.72 bits per heavy atom. The number of hydrogen-bond acceptors (Lipinski definition) is 5. The number of carbonyl (C=O) groups excluding carboxylic acids is 1. The van der Waals surface area contributed by atoms with E-state index in [0.29, 0.717) is 21.2 Å². The summed E-state index contributed by atoms with van der Waals surface area (Å²) in [6, 6.07) is 14.6. The number of rotatable bonds is 5. The predicted molar refractivity (Wildman–Crippen MR) is 119 cm³/mol. The van der Waals surface area contributed by atoms with Crippen LogP contribution in [0.5, 0.6) is 5.75 Å². The number of hydrogen-bond donors (Lipinski definition) is 1. The SMILES string of the molecule is COc1ccc(C=C2Sc3ccc(S(=O)(=O)Cc4c(F)cccc4F)cc3NC2=O)cc1. The summed E-state index contributed by atoms with van der Waals surface area (Å²) in [6.07, 6.45) is 1.72. The van der Waals surface area contributed by atoms with Crippen molar-refractivity contribution in [3.05, 3.63) is 88.3 Å². The minimum atomic E-state index is -4.05. The minimum absolute atomic E-state index is 0.137. The van der Waals surface area contributed by atoms with Gasteiger partial charge in [0, 0.05) is 10.5 Å². The van der Waals surface area contributed by atoms with Crippen molar-refractivity contribution in [3.8, 4) is 5.75 Å². The van der Waals surface area contributed by atoms with Crippen LogP contribution in [0, 0.1) is 11.6 Å². The molecule has 0 saturated carbocycles. The lowest BCUT2D eigenvalue weighted by atomic mass is 10.2. The molecule has 0 atom stereocenters. The fourth-order valence-electron chi connectivity index (χ4n) is 3.13. The largest absolute Gasteiger partial charge is 0.497 e. The van der Waals surface area contributed by atoms with E-state index in [0.717, 1.165) is 17.7 Å². The highest BCUT2D eigenvalue weighted by molar-refractivity contribution is 8.04. The molecule has 1 amide bonds. The van der Waals surface area contributed by atoms with Gasteiger partial charge in [-0.05, 0) is 54.1 Å². The molecule has 3 aromatic rings. The molecular weight excluding hydrogens is 456 g/mol. The van der Waals surface area contributed by atoms with Gasteiger partial charge in [-0.2, -0.15) is 0 Å². The van der Waals surface area contributed by atoms with Crippen molar-refractivity contribution in [3.63, 3.8) is 0 Å². The van der Waals surface area contributed by atoms with Crippen molar-refractivity contribution in [2.75, 3.05) is 12.4 Å². The molecule has 1 aliphatic rings. The zero-order chi connectivity index (χ0) is 22.9. The molecule has 0 unspecified atom stereocenters. The monoisotopic (exact) mass is 473 g/mol. The summed E-state index contributed by atoms with van der Waals surface area (Å²) in [7, 11) is -2.48. The standard InChI is InChI=1S/C23H17F2NO4S2/c1-30-15-7-5-14(6-8-15)11-22-23(27)26-20-12-16(9-10-21(20)31-22)32(28,29)13-17-18(24)3-2-4-19(17)25/h2-12H,13H2,1H3,(H,26,27). The number of carbonyl (C=O) groups is 1. The molecule has 1 aliphatic heterocycles. The summed E-state index contributed by atoms with van der Waals surface area (Å²) in [5.74, 6) is -2.36. The van der Waals surface area contributed by atoms with Gasteiger partial charge in [0.2, 0.25) is 0 Å². The summed E-state index contributed by atoms with van der Waals surface area (Å²) in [5, 5.41) is 2.69. The summed E-state index contributed by atoms with van der Waals surface area (Å²) >= 11 is 1.20. The lowest BCUT2D eigenvalue weighted by Gasteiger charge is -2.19. The van der Waals surface area contributed by atoms with Crippen molar-refractivity contribution in [1.29, 1.82) is 0 Å². The van der Waals surface area contributed by atoms with Crippen LogP contribution in [-0.2, 0) is 20.4 Å². The highest BCUT2D eigenvalue weighted by Gasteiger charge is 2.25. The number of nitrogens with one attached hydrogen (secondary N) is 1. The summed E-state index contributed by atoms with van der Waals surface area (Å²) in [4.78, 5) is 13.5. The third-order valence-electron chi connectivity index (χ3n) is 4.81. The third kappa shape index (κ3) is 4.53. The van der Waals surface area contributed by atoms with Crippen LogP contribution < -0.4 is 10.1 Å². The van der Waals surface area contributed by atoms with E-state index in [1.54, 1.807) is 31.4 Å². The molecule has 32 heavy (non-hydrogen) atoms. The molecular formula is C23H17F2NO4S2. The van der Waals surface area contributed by atoms with Gasteiger partial charge in [-0.25, -0.2) is 17.2 Å². The van der Waals surface area contributed by atoms with Crippen LogP contribution in [0.4, 0.5) is 14.5 Å². The average Bonchev–Trinajstić information content (AvgIpc) is 2.77. The zero-order valence-electron chi connectivity index (χ0n) is 16.8. The Kier molecular flexibility index (Phi) is 6.03. The molecule has 0 aromatic heterocycles. The maximum atomic E-state index is 13.9. The molecule has 0 fully saturated rings. The van der Waals surface area contributed by atoms with E-state index < -0.39 is 32.8 Å². The number of fused-ring (bicyclic) bond motifs is 1. The van der Waals surface area contributed by atoms with Crippen LogP contribution in [0.3, 0.4) is 0 Å². The molecule has 0 saturated heterocycles. The highest BCUT2D eigenvalue weighted by atomic mass is 32.2. The number of methoxy groups -OCH3 is 1. The maximum absolute atomic E-state index is 13.9. The van der Waals surface area contributed by atoms with Crippen LogP contribution in [-0.4, -0.2) is 21.4 Å². The fourth-order valence-corrected chi connectivity index (χ4v) is 5.45. The van der Waals surface area contributed by atoms with Crippen LogP contribution in [0.2, 0.25) is 0 Å². The van der Waals surface area contributed by atoms with Crippen LogP contribution >= 0.6 is 11.8 Å². The summed E-state index contributed by atoms with van der Waals surface area (Å²) in [6.45, 7) is 0. The second-order valence-corrected chi connectivity index (χ2v) is 10.0. The number of anilines is 1. The molecule has 1 N–H and O–H groups in total. The van der Waals surface area contributed by atoms with Crippen molar-refractivity contribution < 1.29 is 26.7 Å². The van der Waals surface area contributed by atoms with Gasteiger partial charge >= 0.3 is 0 Å². The Balaban J connectivity index is 1.60. The smallest absolute Gasteiger partial charge is 0.262 e. The van der Waals surface area contributed by atoms with E-state index >= 15 is 0 Å². The molecule has 3 aromatic carbocycles. The van der Waals surface area contributed by atoms with E-state index in [9.17, 15) is 22.0 Å². The van der Waals surface area contributed by atoms with Gasteiger partial charge in [0.05, 0.1) is 28.4 Å². The fraction of sp³-hybridized carbons (Fsp3) is 0.0870. The Hall–Kier alpha value is -3.17. The van der Waals surface area contributed by atoms with Crippen molar-refractivity contribution in [2.45, 2.75) is 15.5 Å². The van der Waals surface area contributed by atoms with E-state index in [1.807, 2.05) is 12.1 Å². The number of sulfone groups is 1. The third-order valence-corrected chi connectivity index (χ3v) is 7.55. The average molecular weight is 474 g/mol. The van der Waals surface area contributed by atoms with Gasteiger partial charge in [0.1, 0.15) is 17.4 Å². The van der Waals surface area contributed by atoms with Crippen LogP contribution in [0.15, 0.2) is 75.4 Å². The Labute approximate surface area is 188 Å². The number of thioether (sulfide) groups is 1. The van der Waals surface area contributed by atoms with E-state index in [1.165, 1.54) is 30.0 Å². The second-order valence-electron chi connectivity index (χ2n) is 6.96. The van der Waals surface area contributed by atoms with E-state index in [2.05, 4.69) is 5.32 Å². The molecule has 0 spiro atoms. The van der Waals surface area contributed by atoms with Crippen molar-refractivity contribution in [1.82, 2.24) is 0 Å². The van der Waals surface area contributed by atoms with E-state index in [-0.39, 0.29) is 10.8 Å². The number of benzene rings is 3. The Morgan fingerprint density at radius 1 is 1.03 bits per heavy atom. The minimum Gasteiger partial charge on any atom is -0.497 e. The molecule has 5 nitrogen and oxygen atoms in total. The Bertz CT molecular complexity index is 1320. The number of ether oxygens (including phenoxy) is 1. The molecule has 1 heterocycles. The Morgan fingerprint density at radius 3 is 2.38 bits per heavy atom. The first kappa shape index (κ1) is 22.0. The normalized spacial score (nSPS) is 14.7. The molecule has 4 rings (SSSR count). The molecule has 164 valence electrons. The lowest BCUT2D eigenvalue weighted by molar-refractivity contribution is -0.112. The first-order valence-electron chi connectivity index (χ1n) is 9.41. The second kappa shape index (κ2) is 8.76. The topological polar surface area (TPSA) is 72.5 Å². The van der Waals surface area contributed by atoms with Crippen molar-refractivity contribution >= 4 is 39.3 Å². The van der Waals surface area contributed by atoms with Gasteiger partial charge in [-0.3, -0.25) is 4.79 Å². The van der Waals surface area contributed by atoms with Crippen LogP contribution in [0.1, 0.15) is 11.1 Å². The van der Waals surface area contributed by atoms with Gasteiger partial charge < -0.3 is 10.1 Å². The lowest BCUT2D eigenvalue weighted by Crippen LogP contribution is -2.18. The number of amides is 1. The summed E-state index contributed by atoms with van der Waals surface area (Å²) in [5.41, 5.74) is 0.605.